The summed E-state index contributed by atoms with van der Waals surface area (Å²) >= 11 is 0. The van der Waals surface area contributed by atoms with Crippen molar-refractivity contribution in [3.05, 3.63) is 59.1 Å². The first-order valence-electron chi connectivity index (χ1n) is 6.47. The van der Waals surface area contributed by atoms with Crippen LogP contribution in [0.3, 0.4) is 0 Å². The molecule has 0 aliphatic rings. The first-order valence-corrected chi connectivity index (χ1v) is 6.47. The van der Waals surface area contributed by atoms with E-state index in [0.717, 1.165) is 17.0 Å². The molecule has 2 rings (SSSR count). The number of aliphatic carboxylic acids is 1. The number of rotatable bonds is 4. The lowest BCUT2D eigenvalue weighted by Gasteiger charge is -2.10. The monoisotopic (exact) mass is 284 g/mol. The highest BCUT2D eigenvalue weighted by atomic mass is 16.5. The summed E-state index contributed by atoms with van der Waals surface area (Å²) in [5.74, 6) is -1.33. The van der Waals surface area contributed by atoms with Crippen LogP contribution in [0.5, 0.6) is 6.01 Å². The second kappa shape index (κ2) is 6.17. The number of carbonyl (C=O) groups is 1. The molecule has 0 unspecified atom stereocenters. The molecule has 0 bridgehead atoms. The van der Waals surface area contributed by atoms with Crippen LogP contribution in [0.4, 0.5) is 0 Å². The quantitative estimate of drug-likeness (QED) is 0.690. The molecule has 5 heteroatoms. The maximum atomic E-state index is 11.5. The van der Waals surface area contributed by atoms with E-state index in [1.807, 2.05) is 30.3 Å². The van der Waals surface area contributed by atoms with Gasteiger partial charge in [0, 0.05) is 17.0 Å². The molecule has 1 aromatic heterocycles. The van der Waals surface area contributed by atoms with Crippen LogP contribution in [0.1, 0.15) is 23.9 Å². The number of carboxylic acid groups (broad SMARTS) is 1. The van der Waals surface area contributed by atoms with E-state index in [1.165, 1.54) is 0 Å². The number of nitrogens with zero attached hydrogens (tertiary/aromatic N) is 2. The van der Waals surface area contributed by atoms with E-state index in [1.54, 1.807) is 26.8 Å². The molecule has 0 aliphatic carbocycles. The summed E-state index contributed by atoms with van der Waals surface area (Å²) in [7, 11) is 0. The third-order valence-corrected chi connectivity index (χ3v) is 2.90. The van der Waals surface area contributed by atoms with Gasteiger partial charge in [-0.15, -0.1) is 0 Å². The van der Waals surface area contributed by atoms with Crippen molar-refractivity contribution in [2.45, 2.75) is 20.8 Å². The molecule has 0 saturated heterocycles. The molecule has 0 aliphatic heterocycles. The van der Waals surface area contributed by atoms with Crippen molar-refractivity contribution in [1.29, 1.82) is 0 Å². The molecular formula is C16H16N2O3. The van der Waals surface area contributed by atoms with Crippen LogP contribution in [-0.4, -0.2) is 21.0 Å². The average Bonchev–Trinajstić information content (AvgIpc) is 2.43. The van der Waals surface area contributed by atoms with Gasteiger partial charge in [-0.3, -0.25) is 0 Å². The van der Waals surface area contributed by atoms with Crippen LogP contribution in [0.2, 0.25) is 0 Å². The van der Waals surface area contributed by atoms with Crippen LogP contribution in [-0.2, 0) is 4.79 Å². The first-order chi connectivity index (χ1) is 9.97. The lowest BCUT2D eigenvalue weighted by Crippen LogP contribution is -2.12. The third kappa shape index (κ3) is 3.66. The van der Waals surface area contributed by atoms with Gasteiger partial charge < -0.3 is 9.84 Å². The number of allylic oxidation sites excluding steroid dienone is 1. The Bertz CT molecular complexity index is 674. The number of carboxylic acids is 1. The molecule has 108 valence electrons. The number of aryl methyl sites for hydroxylation is 2. The van der Waals surface area contributed by atoms with Crippen molar-refractivity contribution in [3.8, 4) is 6.01 Å². The van der Waals surface area contributed by atoms with E-state index < -0.39 is 5.97 Å². The summed E-state index contributed by atoms with van der Waals surface area (Å²) in [5, 5.41) is 9.37. The van der Waals surface area contributed by atoms with Gasteiger partial charge in [0.15, 0.2) is 0 Å². The van der Waals surface area contributed by atoms with Gasteiger partial charge in [-0.05, 0) is 32.4 Å². The molecule has 0 amide bonds. The lowest BCUT2D eigenvalue weighted by molar-refractivity contribution is -0.135. The fraction of sp³-hybridized carbons (Fsp3) is 0.188. The van der Waals surface area contributed by atoms with E-state index in [2.05, 4.69) is 9.97 Å². The highest BCUT2D eigenvalue weighted by molar-refractivity contribution is 5.94. The van der Waals surface area contributed by atoms with Crippen molar-refractivity contribution < 1.29 is 14.6 Å². The molecule has 0 spiro atoms. The molecule has 2 aromatic rings. The summed E-state index contributed by atoms with van der Waals surface area (Å²) in [5.41, 5.74) is 2.74. The molecule has 1 aromatic carbocycles. The molecule has 0 fully saturated rings. The van der Waals surface area contributed by atoms with E-state index in [4.69, 9.17) is 4.74 Å². The summed E-state index contributed by atoms with van der Waals surface area (Å²) in [6, 6.07) is 11.0. The second-order valence-corrected chi connectivity index (χ2v) is 4.66. The maximum Gasteiger partial charge on any atom is 0.372 e. The maximum absolute atomic E-state index is 11.5. The largest absolute Gasteiger partial charge is 0.475 e. The van der Waals surface area contributed by atoms with Gasteiger partial charge in [0.05, 0.1) is 0 Å². The van der Waals surface area contributed by atoms with E-state index in [9.17, 15) is 9.90 Å². The second-order valence-electron chi connectivity index (χ2n) is 4.66. The fourth-order valence-electron chi connectivity index (χ4n) is 1.93. The van der Waals surface area contributed by atoms with Gasteiger partial charge in [0.1, 0.15) is 0 Å². The van der Waals surface area contributed by atoms with Gasteiger partial charge >= 0.3 is 12.0 Å². The molecule has 0 atom stereocenters. The molecule has 21 heavy (non-hydrogen) atoms. The fourth-order valence-corrected chi connectivity index (χ4v) is 1.93. The normalized spacial score (nSPS) is 11.8. The van der Waals surface area contributed by atoms with Crippen LogP contribution in [0.15, 0.2) is 42.2 Å². The van der Waals surface area contributed by atoms with Gasteiger partial charge in [0.2, 0.25) is 5.76 Å². The summed E-state index contributed by atoms with van der Waals surface area (Å²) in [6.45, 7) is 5.30. The Morgan fingerprint density at radius 3 is 2.19 bits per heavy atom. The Labute approximate surface area is 122 Å². The number of benzene rings is 1. The van der Waals surface area contributed by atoms with Crippen molar-refractivity contribution in [2.75, 3.05) is 0 Å². The van der Waals surface area contributed by atoms with Crippen molar-refractivity contribution in [1.82, 2.24) is 9.97 Å². The zero-order chi connectivity index (χ0) is 15.4. The van der Waals surface area contributed by atoms with Gasteiger partial charge in [-0.25, -0.2) is 14.8 Å². The third-order valence-electron chi connectivity index (χ3n) is 2.90. The van der Waals surface area contributed by atoms with E-state index in [-0.39, 0.29) is 11.8 Å². The standard InChI is InChI=1S/C16H16N2O3/c1-10-9-11(2)18-16(17-10)21-14(15(19)20)12(3)13-7-5-4-6-8-13/h4-9H,1-3H3,(H,19,20)/b14-12+. The Kier molecular flexibility index (Phi) is 4.33. The van der Waals surface area contributed by atoms with Gasteiger partial charge in [0.25, 0.3) is 0 Å². The van der Waals surface area contributed by atoms with Crippen molar-refractivity contribution in [2.24, 2.45) is 0 Å². The van der Waals surface area contributed by atoms with E-state index in [0.29, 0.717) is 5.57 Å². The predicted molar refractivity (Wildman–Crippen MR) is 78.8 cm³/mol. The number of hydrogen-bond donors (Lipinski definition) is 1. The topological polar surface area (TPSA) is 72.3 Å². The molecular weight excluding hydrogens is 268 g/mol. The highest BCUT2D eigenvalue weighted by Crippen LogP contribution is 2.20. The molecule has 5 nitrogen and oxygen atoms in total. The van der Waals surface area contributed by atoms with Gasteiger partial charge in [-0.1, -0.05) is 30.3 Å². The van der Waals surface area contributed by atoms with Crippen LogP contribution < -0.4 is 4.74 Å². The zero-order valence-corrected chi connectivity index (χ0v) is 12.1. The van der Waals surface area contributed by atoms with Crippen LogP contribution in [0.25, 0.3) is 5.57 Å². The minimum atomic E-state index is -1.15. The number of ether oxygens (including phenoxy) is 1. The Hall–Kier alpha value is -2.69. The Balaban J connectivity index is 2.42. The number of aromatic nitrogens is 2. The van der Waals surface area contributed by atoms with Crippen LogP contribution >= 0.6 is 0 Å². The van der Waals surface area contributed by atoms with Crippen molar-refractivity contribution in [3.63, 3.8) is 0 Å². The minimum absolute atomic E-state index is 0.0418. The molecule has 1 N–H and O–H groups in total. The number of hydrogen-bond acceptors (Lipinski definition) is 4. The smallest absolute Gasteiger partial charge is 0.372 e. The average molecular weight is 284 g/mol. The minimum Gasteiger partial charge on any atom is -0.475 e. The molecule has 1 heterocycles. The van der Waals surface area contributed by atoms with Crippen molar-refractivity contribution >= 4 is 11.5 Å². The Morgan fingerprint density at radius 2 is 1.67 bits per heavy atom. The molecule has 0 radical (unpaired) electrons. The molecule has 0 saturated carbocycles. The first kappa shape index (κ1) is 14.7. The zero-order valence-electron chi connectivity index (χ0n) is 12.1. The summed E-state index contributed by atoms with van der Waals surface area (Å²) < 4.78 is 5.41. The highest BCUT2D eigenvalue weighted by Gasteiger charge is 2.17. The summed E-state index contributed by atoms with van der Waals surface area (Å²) in [4.78, 5) is 19.7. The lowest BCUT2D eigenvalue weighted by atomic mass is 10.1. The van der Waals surface area contributed by atoms with Crippen LogP contribution in [0, 0.1) is 13.8 Å². The predicted octanol–water partition coefficient (Wildman–Crippen LogP) is 2.99. The summed E-state index contributed by atoms with van der Waals surface area (Å²) in [6.07, 6.45) is 0. The van der Waals surface area contributed by atoms with Gasteiger partial charge in [-0.2, -0.15) is 0 Å². The Morgan fingerprint density at radius 1 is 1.10 bits per heavy atom. The van der Waals surface area contributed by atoms with E-state index >= 15 is 0 Å². The SMILES string of the molecule is C/C(=C(\Oc1nc(C)cc(C)n1)C(=O)O)c1ccccc1.